The lowest BCUT2D eigenvalue weighted by atomic mass is 9.79. The number of carbonyl (C=O) groups is 1. The normalized spacial score (nSPS) is 28.2. The van der Waals surface area contributed by atoms with E-state index in [1.54, 1.807) is 14.2 Å². The number of hydrogen-bond donors (Lipinski definition) is 0. The smallest absolute Gasteiger partial charge is 0.259 e. The summed E-state index contributed by atoms with van der Waals surface area (Å²) in [5.74, 6) is 0.468. The first-order chi connectivity index (χ1) is 12.7. The number of benzene rings is 1. The van der Waals surface area contributed by atoms with Crippen LogP contribution in [0.15, 0.2) is 41.1 Å². The number of methoxy groups -OCH3 is 2. The molecule has 26 heavy (non-hydrogen) atoms. The summed E-state index contributed by atoms with van der Waals surface area (Å²) in [4.78, 5) is 15.3. The molecule has 1 saturated carbocycles. The predicted octanol–water partition coefficient (Wildman–Crippen LogP) is 3.14. The molecule has 6 heteroatoms. The lowest BCUT2D eigenvalue weighted by Gasteiger charge is -2.43. The van der Waals surface area contributed by atoms with Crippen LogP contribution >= 0.6 is 0 Å². The highest BCUT2D eigenvalue weighted by atomic mass is 16.5. The molecule has 2 heterocycles. The van der Waals surface area contributed by atoms with Gasteiger partial charge in [0, 0.05) is 26.3 Å². The number of likely N-dealkylation sites (tertiary alicyclic amines) is 1. The van der Waals surface area contributed by atoms with Crippen molar-refractivity contribution in [3.8, 4) is 11.3 Å². The topological polar surface area (TPSA) is 64.8 Å². The van der Waals surface area contributed by atoms with Gasteiger partial charge in [-0.25, -0.2) is 0 Å². The van der Waals surface area contributed by atoms with Gasteiger partial charge in [-0.2, -0.15) is 0 Å². The molecule has 1 aliphatic carbocycles. The van der Waals surface area contributed by atoms with E-state index in [-0.39, 0.29) is 23.7 Å². The molecule has 0 N–H and O–H groups in total. The number of rotatable bonds is 4. The minimum absolute atomic E-state index is 0.0113. The van der Waals surface area contributed by atoms with E-state index >= 15 is 0 Å². The van der Waals surface area contributed by atoms with Gasteiger partial charge in [0.1, 0.15) is 5.56 Å². The third-order valence-corrected chi connectivity index (χ3v) is 5.97. The van der Waals surface area contributed by atoms with E-state index in [2.05, 4.69) is 5.16 Å². The van der Waals surface area contributed by atoms with Gasteiger partial charge in [0.15, 0.2) is 5.76 Å². The number of aromatic nitrogens is 1. The Morgan fingerprint density at radius 1 is 1.27 bits per heavy atom. The van der Waals surface area contributed by atoms with Crippen molar-refractivity contribution in [3.05, 3.63) is 42.1 Å². The predicted molar refractivity (Wildman–Crippen MR) is 95.8 cm³/mol. The quantitative estimate of drug-likeness (QED) is 0.842. The maximum absolute atomic E-state index is 13.3. The largest absolute Gasteiger partial charge is 0.381 e. The molecule has 3 atom stereocenters. The Balaban J connectivity index is 1.64. The Bertz CT molecular complexity index is 775. The Morgan fingerprint density at radius 3 is 2.81 bits per heavy atom. The SMILES string of the molecule is CO[C@@H]1CC[C@@]2(OC)CCN(C(=O)c3cnoc3-c3ccccc3)[C@H]2C1. The number of fused-ring (bicyclic) bond motifs is 1. The van der Waals surface area contributed by atoms with Gasteiger partial charge < -0.3 is 18.9 Å². The van der Waals surface area contributed by atoms with Crippen molar-refractivity contribution >= 4 is 5.91 Å². The molecule has 138 valence electrons. The van der Waals surface area contributed by atoms with Crippen molar-refractivity contribution < 1.29 is 18.8 Å². The second-order valence-corrected chi connectivity index (χ2v) is 7.10. The molecule has 0 bridgehead atoms. The first-order valence-electron chi connectivity index (χ1n) is 9.07. The molecule has 4 rings (SSSR count). The second-order valence-electron chi connectivity index (χ2n) is 7.10. The summed E-state index contributed by atoms with van der Waals surface area (Å²) in [5, 5.41) is 3.89. The van der Waals surface area contributed by atoms with Crippen LogP contribution in [0.5, 0.6) is 0 Å². The maximum Gasteiger partial charge on any atom is 0.259 e. The van der Waals surface area contributed by atoms with Crippen LogP contribution in [0, 0.1) is 0 Å². The molecule has 1 amide bonds. The summed E-state index contributed by atoms with van der Waals surface area (Å²) in [6.07, 6.45) is 5.20. The fraction of sp³-hybridized carbons (Fsp3) is 0.500. The summed E-state index contributed by atoms with van der Waals surface area (Å²) in [7, 11) is 3.49. The minimum atomic E-state index is -0.269. The monoisotopic (exact) mass is 356 g/mol. The summed E-state index contributed by atoms with van der Waals surface area (Å²) >= 11 is 0. The Morgan fingerprint density at radius 2 is 2.08 bits per heavy atom. The number of nitrogens with zero attached hydrogens (tertiary/aromatic N) is 2. The molecule has 2 fully saturated rings. The van der Waals surface area contributed by atoms with Crippen molar-refractivity contribution in [2.24, 2.45) is 0 Å². The van der Waals surface area contributed by atoms with E-state index in [9.17, 15) is 4.79 Å². The highest BCUT2D eigenvalue weighted by molar-refractivity contribution is 5.99. The molecule has 2 aliphatic rings. The van der Waals surface area contributed by atoms with Crippen LogP contribution in [0.4, 0.5) is 0 Å². The van der Waals surface area contributed by atoms with E-state index in [0.29, 0.717) is 17.9 Å². The van der Waals surface area contributed by atoms with E-state index < -0.39 is 0 Å². The molecule has 1 aliphatic heterocycles. The molecule has 2 aromatic rings. The zero-order chi connectivity index (χ0) is 18.1. The van der Waals surface area contributed by atoms with Crippen LogP contribution in [0.1, 0.15) is 36.0 Å². The lowest BCUT2D eigenvalue weighted by Crippen LogP contribution is -2.53. The Labute approximate surface area is 153 Å². The van der Waals surface area contributed by atoms with Crippen LogP contribution in [0.25, 0.3) is 11.3 Å². The number of ether oxygens (including phenoxy) is 2. The van der Waals surface area contributed by atoms with Crippen LogP contribution in [0.2, 0.25) is 0 Å². The fourth-order valence-electron chi connectivity index (χ4n) is 4.46. The molecule has 0 radical (unpaired) electrons. The molecule has 1 aromatic carbocycles. The third kappa shape index (κ3) is 2.73. The molecule has 1 aromatic heterocycles. The van der Waals surface area contributed by atoms with Crippen molar-refractivity contribution in [3.63, 3.8) is 0 Å². The summed E-state index contributed by atoms with van der Waals surface area (Å²) in [6, 6.07) is 9.62. The first-order valence-corrected chi connectivity index (χ1v) is 9.07. The summed E-state index contributed by atoms with van der Waals surface area (Å²) < 4.78 is 16.9. The van der Waals surface area contributed by atoms with E-state index in [4.69, 9.17) is 14.0 Å². The van der Waals surface area contributed by atoms with Crippen molar-refractivity contribution in [2.75, 3.05) is 20.8 Å². The van der Waals surface area contributed by atoms with Crippen molar-refractivity contribution in [1.29, 1.82) is 0 Å². The summed E-state index contributed by atoms with van der Waals surface area (Å²) in [5.41, 5.74) is 1.08. The van der Waals surface area contributed by atoms with Gasteiger partial charge in [-0.3, -0.25) is 4.79 Å². The molecule has 0 spiro atoms. The Hall–Kier alpha value is -2.18. The zero-order valence-corrected chi connectivity index (χ0v) is 15.2. The number of carbonyl (C=O) groups excluding carboxylic acids is 1. The van der Waals surface area contributed by atoms with Gasteiger partial charge in [-0.1, -0.05) is 35.5 Å². The highest BCUT2D eigenvalue weighted by Gasteiger charge is 2.53. The standard InChI is InChI=1S/C20H24N2O4/c1-24-15-8-9-20(25-2)10-11-22(17(20)12-15)19(23)16-13-21-26-18(16)14-6-4-3-5-7-14/h3-7,13,15,17H,8-12H2,1-2H3/t15-,17+,20-/m1/s1. The van der Waals surface area contributed by atoms with Gasteiger partial charge in [-0.15, -0.1) is 0 Å². The van der Waals surface area contributed by atoms with Crippen LogP contribution in [-0.4, -0.2) is 54.5 Å². The number of amides is 1. The van der Waals surface area contributed by atoms with Crippen LogP contribution in [-0.2, 0) is 9.47 Å². The maximum atomic E-state index is 13.3. The van der Waals surface area contributed by atoms with Gasteiger partial charge in [0.05, 0.1) is 23.9 Å². The van der Waals surface area contributed by atoms with E-state index in [1.165, 1.54) is 6.20 Å². The van der Waals surface area contributed by atoms with Gasteiger partial charge >= 0.3 is 0 Å². The molecular formula is C20H24N2O4. The molecule has 1 saturated heterocycles. The molecular weight excluding hydrogens is 332 g/mol. The first kappa shape index (κ1) is 17.2. The van der Waals surface area contributed by atoms with Crippen molar-refractivity contribution in [1.82, 2.24) is 10.1 Å². The Kier molecular flexibility index (Phi) is 4.54. The van der Waals surface area contributed by atoms with Crippen molar-refractivity contribution in [2.45, 2.75) is 43.4 Å². The van der Waals surface area contributed by atoms with E-state index in [0.717, 1.165) is 31.2 Å². The lowest BCUT2D eigenvalue weighted by molar-refractivity contribution is -0.0893. The summed E-state index contributed by atoms with van der Waals surface area (Å²) in [6.45, 7) is 0.674. The third-order valence-electron chi connectivity index (χ3n) is 5.97. The second kappa shape index (κ2) is 6.85. The van der Waals surface area contributed by atoms with Crippen LogP contribution < -0.4 is 0 Å². The molecule has 0 unspecified atom stereocenters. The van der Waals surface area contributed by atoms with Gasteiger partial charge in [-0.05, 0) is 25.7 Å². The fourth-order valence-corrected chi connectivity index (χ4v) is 4.46. The molecule has 6 nitrogen and oxygen atoms in total. The average Bonchev–Trinajstić information content (AvgIpc) is 3.33. The van der Waals surface area contributed by atoms with Crippen LogP contribution in [0.3, 0.4) is 0 Å². The van der Waals surface area contributed by atoms with Gasteiger partial charge in [0.25, 0.3) is 5.91 Å². The highest BCUT2D eigenvalue weighted by Crippen LogP contribution is 2.44. The zero-order valence-electron chi connectivity index (χ0n) is 15.2. The number of hydrogen-bond acceptors (Lipinski definition) is 5. The average molecular weight is 356 g/mol. The van der Waals surface area contributed by atoms with E-state index in [1.807, 2.05) is 35.2 Å². The van der Waals surface area contributed by atoms with Gasteiger partial charge in [0.2, 0.25) is 0 Å². The minimum Gasteiger partial charge on any atom is -0.381 e.